The van der Waals surface area contributed by atoms with Gasteiger partial charge in [0.15, 0.2) is 28.6 Å². The van der Waals surface area contributed by atoms with Crippen molar-refractivity contribution in [1.29, 1.82) is 0 Å². The number of carbonyl (C=O) groups is 2. The maximum atomic E-state index is 13.1. The van der Waals surface area contributed by atoms with E-state index in [1.807, 2.05) is 0 Å². The molecule has 3 N–H and O–H groups in total. The van der Waals surface area contributed by atoms with Crippen molar-refractivity contribution in [2.45, 2.75) is 12.0 Å². The number of hydrogen-bond acceptors (Lipinski definition) is 8. The SMILES string of the molecule is COc1c(O)ccc2c1Oc1c(ccc(O)c1OC)C21OC(=O)c2cc(CC(=O)O)ccc21. The standard InChI is InChI=1S/C24H18O9/c1-30-21-16(25)7-5-14-19(21)32-20-15(6-8-17(26)22(20)31-2)24(14)13-4-3-11(10-18(27)28)9-12(13)23(29)33-24/h3-9,25-26H,10H2,1-2H3,(H,27,28). The van der Waals surface area contributed by atoms with Gasteiger partial charge in [-0.05, 0) is 35.9 Å². The number of ether oxygens (including phenoxy) is 4. The third kappa shape index (κ3) is 2.72. The molecule has 2 aliphatic rings. The maximum absolute atomic E-state index is 13.1. The number of carboxylic acids is 1. The summed E-state index contributed by atoms with van der Waals surface area (Å²) in [5.41, 5.74) is 0.346. The van der Waals surface area contributed by atoms with E-state index in [4.69, 9.17) is 24.1 Å². The number of carboxylic acid groups (broad SMARTS) is 1. The molecule has 33 heavy (non-hydrogen) atoms. The van der Waals surface area contributed by atoms with Gasteiger partial charge in [-0.15, -0.1) is 0 Å². The van der Waals surface area contributed by atoms with Crippen LogP contribution < -0.4 is 14.2 Å². The van der Waals surface area contributed by atoms with Gasteiger partial charge in [0.05, 0.1) is 37.3 Å². The molecule has 0 atom stereocenters. The molecule has 0 fully saturated rings. The van der Waals surface area contributed by atoms with Gasteiger partial charge in [0.25, 0.3) is 0 Å². The van der Waals surface area contributed by atoms with Gasteiger partial charge in [-0.2, -0.15) is 0 Å². The Hall–Kier alpha value is -4.40. The Bertz CT molecular complexity index is 1280. The third-order valence-electron chi connectivity index (χ3n) is 5.84. The molecule has 168 valence electrons. The lowest BCUT2D eigenvalue weighted by Crippen LogP contribution is -2.33. The summed E-state index contributed by atoms with van der Waals surface area (Å²) in [6.07, 6.45) is -0.257. The van der Waals surface area contributed by atoms with Crippen LogP contribution in [0.1, 0.15) is 32.6 Å². The summed E-state index contributed by atoms with van der Waals surface area (Å²) < 4.78 is 22.8. The van der Waals surface area contributed by atoms with Gasteiger partial charge in [0.2, 0.25) is 11.5 Å². The van der Waals surface area contributed by atoms with Crippen LogP contribution in [0.4, 0.5) is 0 Å². The summed E-state index contributed by atoms with van der Waals surface area (Å²) in [5, 5.41) is 29.8. The highest BCUT2D eigenvalue weighted by molar-refractivity contribution is 5.97. The number of aliphatic carboxylic acids is 1. The van der Waals surface area contributed by atoms with Gasteiger partial charge >= 0.3 is 11.9 Å². The molecule has 9 nitrogen and oxygen atoms in total. The number of methoxy groups -OCH3 is 2. The summed E-state index contributed by atoms with van der Waals surface area (Å²) in [4.78, 5) is 24.2. The minimum absolute atomic E-state index is 0.00918. The molecule has 0 aliphatic carbocycles. The molecule has 3 aromatic carbocycles. The van der Waals surface area contributed by atoms with Crippen LogP contribution >= 0.6 is 0 Å². The summed E-state index contributed by atoms with van der Waals surface area (Å²) in [5.74, 6) is -1.89. The number of carbonyl (C=O) groups excluding carboxylic acids is 1. The van der Waals surface area contributed by atoms with Gasteiger partial charge in [0.1, 0.15) is 0 Å². The lowest BCUT2D eigenvalue weighted by molar-refractivity contribution is -0.136. The van der Waals surface area contributed by atoms with E-state index < -0.39 is 17.5 Å². The van der Waals surface area contributed by atoms with Gasteiger partial charge in [0, 0.05) is 5.56 Å². The smallest absolute Gasteiger partial charge is 0.340 e. The fourth-order valence-corrected chi connectivity index (χ4v) is 4.50. The zero-order chi connectivity index (χ0) is 23.5. The first-order chi connectivity index (χ1) is 15.8. The van der Waals surface area contributed by atoms with E-state index in [2.05, 4.69) is 0 Å². The second-order valence-electron chi connectivity index (χ2n) is 7.61. The average molecular weight is 450 g/mol. The molecular weight excluding hydrogens is 432 g/mol. The molecule has 0 amide bonds. The fraction of sp³-hybridized carbons (Fsp3) is 0.167. The van der Waals surface area contributed by atoms with Crippen molar-refractivity contribution in [3.63, 3.8) is 0 Å². The van der Waals surface area contributed by atoms with Crippen molar-refractivity contribution in [1.82, 2.24) is 0 Å². The highest BCUT2D eigenvalue weighted by Gasteiger charge is 2.55. The molecule has 5 rings (SSSR count). The minimum Gasteiger partial charge on any atom is -0.504 e. The number of esters is 1. The van der Waals surface area contributed by atoms with E-state index in [1.165, 1.54) is 32.4 Å². The van der Waals surface area contributed by atoms with Crippen LogP contribution in [-0.2, 0) is 21.6 Å². The summed E-state index contributed by atoms with van der Waals surface area (Å²) >= 11 is 0. The number of rotatable bonds is 4. The molecule has 1 spiro atoms. The summed E-state index contributed by atoms with van der Waals surface area (Å²) in [6.45, 7) is 0. The van der Waals surface area contributed by atoms with Crippen molar-refractivity contribution in [3.05, 3.63) is 70.3 Å². The lowest BCUT2D eigenvalue weighted by atomic mass is 9.77. The summed E-state index contributed by atoms with van der Waals surface area (Å²) in [7, 11) is 2.71. The van der Waals surface area contributed by atoms with Gasteiger partial charge in [-0.25, -0.2) is 4.79 Å². The zero-order valence-electron chi connectivity index (χ0n) is 17.5. The first-order valence-electron chi connectivity index (χ1n) is 9.89. The van der Waals surface area contributed by atoms with E-state index in [0.717, 1.165) is 0 Å². The van der Waals surface area contributed by atoms with Crippen LogP contribution in [0, 0.1) is 0 Å². The van der Waals surface area contributed by atoms with E-state index >= 15 is 0 Å². The van der Waals surface area contributed by atoms with Gasteiger partial charge in [-0.1, -0.05) is 12.1 Å². The van der Waals surface area contributed by atoms with Crippen molar-refractivity contribution >= 4 is 11.9 Å². The Balaban J connectivity index is 1.87. The monoisotopic (exact) mass is 450 g/mol. The molecule has 0 bridgehead atoms. The van der Waals surface area contributed by atoms with Gasteiger partial charge in [-0.3, -0.25) is 4.79 Å². The number of benzene rings is 3. The van der Waals surface area contributed by atoms with E-state index in [9.17, 15) is 19.8 Å². The number of phenolic OH excluding ortho intramolecular Hbond substituents is 2. The van der Waals surface area contributed by atoms with Crippen LogP contribution in [0.25, 0.3) is 0 Å². The van der Waals surface area contributed by atoms with E-state index in [-0.39, 0.29) is 46.5 Å². The maximum Gasteiger partial charge on any atom is 0.340 e. The Kier molecular flexibility index (Phi) is 4.38. The molecule has 0 radical (unpaired) electrons. The van der Waals surface area contributed by atoms with Crippen LogP contribution in [0.5, 0.6) is 34.5 Å². The highest BCUT2D eigenvalue weighted by Crippen LogP contribution is 2.62. The molecule has 9 heteroatoms. The largest absolute Gasteiger partial charge is 0.504 e. The Labute approximate surface area is 187 Å². The average Bonchev–Trinajstić information content (AvgIpc) is 3.05. The van der Waals surface area contributed by atoms with E-state index in [0.29, 0.717) is 22.3 Å². The third-order valence-corrected chi connectivity index (χ3v) is 5.84. The van der Waals surface area contributed by atoms with Crippen molar-refractivity contribution in [2.24, 2.45) is 0 Å². The molecule has 3 aromatic rings. The summed E-state index contributed by atoms with van der Waals surface area (Å²) in [6, 6.07) is 10.7. The molecule has 0 saturated carbocycles. The highest BCUT2D eigenvalue weighted by atomic mass is 16.6. The second-order valence-corrected chi connectivity index (χ2v) is 7.61. The number of fused-ring (bicyclic) bond motifs is 6. The molecule has 2 heterocycles. The lowest BCUT2D eigenvalue weighted by Gasteiger charge is -2.37. The van der Waals surface area contributed by atoms with Crippen LogP contribution in [0.2, 0.25) is 0 Å². The molecule has 0 saturated heterocycles. The van der Waals surface area contributed by atoms with Crippen LogP contribution in [-0.4, -0.2) is 41.5 Å². The number of hydrogen-bond donors (Lipinski definition) is 3. The van der Waals surface area contributed by atoms with Crippen molar-refractivity contribution < 1.29 is 43.9 Å². The Morgan fingerprint density at radius 2 is 1.45 bits per heavy atom. The Morgan fingerprint density at radius 1 is 0.909 bits per heavy atom. The molecule has 0 aromatic heterocycles. The second kappa shape index (κ2) is 7.06. The van der Waals surface area contributed by atoms with Crippen molar-refractivity contribution in [2.75, 3.05) is 14.2 Å². The van der Waals surface area contributed by atoms with Crippen LogP contribution in [0.3, 0.4) is 0 Å². The topological polar surface area (TPSA) is 132 Å². The first-order valence-corrected chi connectivity index (χ1v) is 9.89. The van der Waals surface area contributed by atoms with E-state index in [1.54, 1.807) is 24.3 Å². The van der Waals surface area contributed by atoms with Crippen molar-refractivity contribution in [3.8, 4) is 34.5 Å². The first kappa shape index (κ1) is 20.5. The van der Waals surface area contributed by atoms with Gasteiger partial charge < -0.3 is 34.3 Å². The predicted octanol–water partition coefficient (Wildman–Crippen LogP) is 3.31. The normalized spacial score (nSPS) is 14.5. The molecular formula is C24H18O9. The van der Waals surface area contributed by atoms with Crippen LogP contribution in [0.15, 0.2) is 42.5 Å². The zero-order valence-corrected chi connectivity index (χ0v) is 17.5. The fourth-order valence-electron chi connectivity index (χ4n) is 4.50. The predicted molar refractivity (Wildman–Crippen MR) is 112 cm³/mol. The Morgan fingerprint density at radius 3 is 1.97 bits per heavy atom. The number of aromatic hydroxyl groups is 2. The molecule has 0 unspecified atom stereocenters. The molecule has 2 aliphatic heterocycles. The quantitative estimate of drug-likeness (QED) is 0.512. The minimum atomic E-state index is -1.51. The number of phenols is 2.